The third kappa shape index (κ3) is 3.46. The van der Waals surface area contributed by atoms with Gasteiger partial charge in [0.2, 0.25) is 10.0 Å². The molecule has 1 aromatic carbocycles. The highest BCUT2D eigenvalue weighted by Crippen LogP contribution is 2.19. The highest BCUT2D eigenvalue weighted by atomic mass is 32.2. The maximum atomic E-state index is 13.3. The van der Waals surface area contributed by atoms with E-state index in [-0.39, 0.29) is 0 Å². The number of carbonyl (C=O) groups is 1. The third-order valence-corrected chi connectivity index (χ3v) is 3.75. The molecule has 0 spiro atoms. The van der Waals surface area contributed by atoms with Crippen LogP contribution in [0.3, 0.4) is 0 Å². The monoisotopic (exact) mass is 313 g/mol. The van der Waals surface area contributed by atoms with Crippen LogP contribution in [0.25, 0.3) is 0 Å². The number of aliphatic carboxylic acids is 1. The predicted octanol–water partition coefficient (Wildman–Crippen LogP) is 0.482. The number of halogens is 3. The van der Waals surface area contributed by atoms with E-state index in [1.54, 1.807) is 4.72 Å². The summed E-state index contributed by atoms with van der Waals surface area (Å²) in [4.78, 5) is 9.48. The molecular weight excluding hydrogens is 303 g/mol. The van der Waals surface area contributed by atoms with Gasteiger partial charge in [-0.05, 0) is 12.1 Å². The van der Waals surface area contributed by atoms with Crippen LogP contribution >= 0.6 is 0 Å². The summed E-state index contributed by atoms with van der Waals surface area (Å²) < 4.78 is 68.5. The van der Waals surface area contributed by atoms with Crippen LogP contribution in [0.4, 0.5) is 13.2 Å². The van der Waals surface area contributed by atoms with Crippen molar-refractivity contribution in [3.05, 3.63) is 29.6 Å². The maximum Gasteiger partial charge on any atom is 0.334 e. The number of nitrogens with one attached hydrogen (secondary N) is 1. The fourth-order valence-corrected chi connectivity index (χ4v) is 2.35. The van der Waals surface area contributed by atoms with E-state index in [2.05, 4.69) is 4.74 Å². The van der Waals surface area contributed by atoms with Crippen LogP contribution in [0.15, 0.2) is 17.0 Å². The lowest BCUT2D eigenvalue weighted by Gasteiger charge is -2.12. The summed E-state index contributed by atoms with van der Waals surface area (Å²) in [5.41, 5.74) is 0. The normalized spacial score (nSPS) is 13.2. The lowest BCUT2D eigenvalue weighted by atomic mass is 10.3. The molecule has 0 aromatic heterocycles. The number of ether oxygens (including phenoxy) is 1. The Morgan fingerprint density at radius 2 is 1.95 bits per heavy atom. The summed E-state index contributed by atoms with van der Waals surface area (Å²) >= 11 is 0. The lowest BCUT2D eigenvalue weighted by Crippen LogP contribution is -2.38. The van der Waals surface area contributed by atoms with Crippen molar-refractivity contribution in [3.8, 4) is 0 Å². The first-order chi connectivity index (χ1) is 9.20. The van der Waals surface area contributed by atoms with Gasteiger partial charge < -0.3 is 9.84 Å². The van der Waals surface area contributed by atoms with Crippen molar-refractivity contribution in [1.82, 2.24) is 4.72 Å². The second-order valence-corrected chi connectivity index (χ2v) is 5.32. The van der Waals surface area contributed by atoms with E-state index in [0.29, 0.717) is 12.1 Å². The minimum atomic E-state index is -4.54. The van der Waals surface area contributed by atoms with Crippen molar-refractivity contribution in [2.45, 2.75) is 11.0 Å². The van der Waals surface area contributed by atoms with Crippen LogP contribution < -0.4 is 4.72 Å². The molecule has 0 saturated carbocycles. The van der Waals surface area contributed by atoms with Crippen LogP contribution in [-0.2, 0) is 19.6 Å². The Morgan fingerprint density at radius 3 is 2.45 bits per heavy atom. The van der Waals surface area contributed by atoms with Gasteiger partial charge >= 0.3 is 5.97 Å². The third-order valence-electron chi connectivity index (χ3n) is 2.31. The van der Waals surface area contributed by atoms with Gasteiger partial charge in [-0.25, -0.2) is 31.1 Å². The van der Waals surface area contributed by atoms with Crippen LogP contribution in [-0.4, -0.2) is 39.3 Å². The van der Waals surface area contributed by atoms with Gasteiger partial charge in [-0.1, -0.05) is 0 Å². The standard InChI is InChI=1S/C10H10F3NO5S/c1-19-6(10(15)16)4-14-20(17,18)7-3-2-5(11)8(12)9(7)13/h2-3,6,14H,4H2,1H3,(H,15,16). The number of hydrogen-bond donors (Lipinski definition) is 2. The number of carboxylic acids is 1. The number of rotatable bonds is 6. The summed E-state index contributed by atoms with van der Waals surface area (Å²) in [6.45, 7) is -0.702. The molecule has 0 heterocycles. The van der Waals surface area contributed by atoms with Crippen molar-refractivity contribution >= 4 is 16.0 Å². The summed E-state index contributed by atoms with van der Waals surface area (Å²) in [6.07, 6.45) is -1.50. The fraction of sp³-hybridized carbons (Fsp3) is 0.300. The molecule has 0 aliphatic carbocycles. The largest absolute Gasteiger partial charge is 0.479 e. The SMILES string of the molecule is COC(CNS(=O)(=O)c1ccc(F)c(F)c1F)C(=O)O. The van der Waals surface area contributed by atoms with Crippen LogP contribution in [0.2, 0.25) is 0 Å². The Bertz CT molecular complexity index is 620. The van der Waals surface area contributed by atoms with Crippen LogP contribution in [0.5, 0.6) is 0 Å². The first-order valence-electron chi connectivity index (χ1n) is 5.09. The summed E-state index contributed by atoms with van der Waals surface area (Å²) in [5, 5.41) is 8.63. The molecule has 0 aliphatic rings. The molecule has 6 nitrogen and oxygen atoms in total. The molecule has 0 saturated heterocycles. The Hall–Kier alpha value is -1.65. The quantitative estimate of drug-likeness (QED) is 0.745. The number of benzene rings is 1. The van der Waals surface area contributed by atoms with Gasteiger partial charge in [0.05, 0.1) is 0 Å². The molecular formula is C10H10F3NO5S. The first-order valence-corrected chi connectivity index (χ1v) is 6.57. The predicted molar refractivity (Wildman–Crippen MR) is 59.9 cm³/mol. The summed E-state index contributed by atoms with van der Waals surface area (Å²) in [5.74, 6) is -6.81. The van der Waals surface area contributed by atoms with Gasteiger partial charge in [-0.2, -0.15) is 0 Å². The number of hydrogen-bond acceptors (Lipinski definition) is 4. The summed E-state index contributed by atoms with van der Waals surface area (Å²) in [6, 6.07) is 0.969. The van der Waals surface area contributed by atoms with Crippen molar-refractivity contribution in [2.24, 2.45) is 0 Å². The van der Waals surface area contributed by atoms with Gasteiger partial charge in [0.25, 0.3) is 0 Å². The van der Waals surface area contributed by atoms with E-state index in [1.807, 2.05) is 0 Å². The highest BCUT2D eigenvalue weighted by molar-refractivity contribution is 7.89. The van der Waals surface area contributed by atoms with Gasteiger partial charge in [-0.3, -0.25) is 0 Å². The zero-order chi connectivity index (χ0) is 15.5. The second-order valence-electron chi connectivity index (χ2n) is 3.59. The van der Waals surface area contributed by atoms with Crippen molar-refractivity contribution < 1.29 is 36.2 Å². The molecule has 1 rings (SSSR count). The molecule has 0 fully saturated rings. The molecule has 20 heavy (non-hydrogen) atoms. The summed E-state index contributed by atoms with van der Waals surface area (Å²) in [7, 11) is -3.51. The Balaban J connectivity index is 3.01. The average Bonchev–Trinajstić information content (AvgIpc) is 2.36. The molecule has 0 radical (unpaired) electrons. The van der Waals surface area contributed by atoms with Crippen LogP contribution in [0.1, 0.15) is 0 Å². The van der Waals surface area contributed by atoms with E-state index < -0.39 is 51.0 Å². The number of carboxylic acid groups (broad SMARTS) is 1. The Morgan fingerprint density at radius 1 is 1.35 bits per heavy atom. The number of sulfonamides is 1. The topological polar surface area (TPSA) is 92.7 Å². The van der Waals surface area contributed by atoms with Gasteiger partial charge in [-0.15, -0.1) is 0 Å². The van der Waals surface area contributed by atoms with Crippen LogP contribution in [0, 0.1) is 17.5 Å². The molecule has 2 N–H and O–H groups in total. The second kappa shape index (κ2) is 6.20. The first kappa shape index (κ1) is 16.4. The Labute approximate surface area is 112 Å². The molecule has 0 aliphatic heterocycles. The number of methoxy groups -OCH3 is 1. The minimum absolute atomic E-state index is 0.442. The van der Waals surface area contributed by atoms with E-state index in [1.165, 1.54) is 0 Å². The molecule has 112 valence electrons. The van der Waals surface area contributed by atoms with Gasteiger partial charge in [0.1, 0.15) is 4.90 Å². The lowest BCUT2D eigenvalue weighted by molar-refractivity contribution is -0.147. The van der Waals surface area contributed by atoms with Crippen molar-refractivity contribution in [3.63, 3.8) is 0 Å². The van der Waals surface area contributed by atoms with Crippen molar-refractivity contribution in [2.75, 3.05) is 13.7 Å². The van der Waals surface area contributed by atoms with E-state index >= 15 is 0 Å². The van der Waals surface area contributed by atoms with Gasteiger partial charge in [0.15, 0.2) is 23.6 Å². The average molecular weight is 313 g/mol. The zero-order valence-electron chi connectivity index (χ0n) is 10.1. The Kier molecular flexibility index (Phi) is 5.09. The maximum absolute atomic E-state index is 13.3. The molecule has 0 amide bonds. The van der Waals surface area contributed by atoms with Gasteiger partial charge in [0, 0.05) is 13.7 Å². The molecule has 0 bridgehead atoms. The minimum Gasteiger partial charge on any atom is -0.479 e. The molecule has 10 heteroatoms. The zero-order valence-corrected chi connectivity index (χ0v) is 10.9. The highest BCUT2D eigenvalue weighted by Gasteiger charge is 2.26. The molecule has 1 atom stereocenters. The smallest absolute Gasteiger partial charge is 0.334 e. The van der Waals surface area contributed by atoms with E-state index in [0.717, 1.165) is 7.11 Å². The molecule has 1 unspecified atom stereocenters. The van der Waals surface area contributed by atoms with E-state index in [4.69, 9.17) is 5.11 Å². The molecule has 1 aromatic rings. The fourth-order valence-electron chi connectivity index (χ4n) is 1.25. The van der Waals surface area contributed by atoms with Crippen molar-refractivity contribution in [1.29, 1.82) is 0 Å². The van der Waals surface area contributed by atoms with E-state index in [9.17, 15) is 26.4 Å².